The molecule has 4 aromatic rings. The maximum absolute atomic E-state index is 12.3. The number of amides is 1. The van der Waals surface area contributed by atoms with Crippen molar-refractivity contribution < 1.29 is 14.3 Å². The summed E-state index contributed by atoms with van der Waals surface area (Å²) >= 11 is 0. The molecule has 0 fully saturated rings. The number of para-hydroxylation sites is 1. The van der Waals surface area contributed by atoms with Gasteiger partial charge in [-0.25, -0.2) is 4.98 Å². The summed E-state index contributed by atoms with van der Waals surface area (Å²) in [5, 5.41) is 2.91. The van der Waals surface area contributed by atoms with Crippen LogP contribution in [0.3, 0.4) is 0 Å². The number of aromatic nitrogens is 2. The third kappa shape index (κ3) is 5.63. The van der Waals surface area contributed by atoms with Crippen LogP contribution < -0.4 is 14.8 Å². The molecule has 0 saturated heterocycles. The van der Waals surface area contributed by atoms with E-state index in [1.165, 1.54) is 5.56 Å². The Morgan fingerprint density at radius 3 is 2.52 bits per heavy atom. The van der Waals surface area contributed by atoms with Gasteiger partial charge in [0, 0.05) is 24.5 Å². The van der Waals surface area contributed by atoms with Crippen LogP contribution in [0, 0.1) is 6.92 Å². The highest BCUT2D eigenvalue weighted by molar-refractivity contribution is 5.94. The van der Waals surface area contributed by atoms with Crippen molar-refractivity contribution in [1.29, 1.82) is 0 Å². The highest BCUT2D eigenvalue weighted by atomic mass is 16.5. The fraction of sp³-hybridized carbons (Fsp3) is 0.200. The van der Waals surface area contributed by atoms with Crippen molar-refractivity contribution in [3.8, 4) is 11.5 Å². The Bertz CT molecular complexity index is 1140. The molecule has 158 valence electrons. The van der Waals surface area contributed by atoms with E-state index in [4.69, 9.17) is 9.47 Å². The Labute approximate surface area is 181 Å². The van der Waals surface area contributed by atoms with Gasteiger partial charge in [0.15, 0.2) is 0 Å². The summed E-state index contributed by atoms with van der Waals surface area (Å²) in [6.07, 6.45) is 4.74. The number of pyridine rings is 1. The molecule has 0 radical (unpaired) electrons. The van der Waals surface area contributed by atoms with Gasteiger partial charge in [0.25, 0.3) is 5.91 Å². The molecule has 2 aromatic carbocycles. The number of hydrogen-bond donors (Lipinski definition) is 1. The molecule has 0 saturated carbocycles. The van der Waals surface area contributed by atoms with E-state index in [0.717, 1.165) is 23.5 Å². The van der Waals surface area contributed by atoms with E-state index in [1.807, 2.05) is 66.2 Å². The first kappa shape index (κ1) is 20.5. The van der Waals surface area contributed by atoms with Crippen molar-refractivity contribution in [3.63, 3.8) is 0 Å². The van der Waals surface area contributed by atoms with Crippen LogP contribution in [0.15, 0.2) is 79.1 Å². The van der Waals surface area contributed by atoms with Gasteiger partial charge in [-0.3, -0.25) is 4.79 Å². The third-order valence-electron chi connectivity index (χ3n) is 4.77. The Morgan fingerprint density at radius 1 is 0.935 bits per heavy atom. The minimum absolute atomic E-state index is 0.109. The van der Waals surface area contributed by atoms with E-state index in [0.29, 0.717) is 31.1 Å². The van der Waals surface area contributed by atoms with Gasteiger partial charge in [-0.15, -0.1) is 0 Å². The first-order chi connectivity index (χ1) is 15.2. The van der Waals surface area contributed by atoms with E-state index in [9.17, 15) is 4.79 Å². The summed E-state index contributed by atoms with van der Waals surface area (Å²) in [6, 6.07) is 20.8. The van der Waals surface area contributed by atoms with Gasteiger partial charge >= 0.3 is 0 Å². The van der Waals surface area contributed by atoms with E-state index >= 15 is 0 Å². The zero-order valence-corrected chi connectivity index (χ0v) is 17.5. The molecule has 6 nitrogen and oxygen atoms in total. The number of nitrogens with one attached hydrogen (secondary N) is 1. The summed E-state index contributed by atoms with van der Waals surface area (Å²) in [5.74, 6) is 1.42. The molecular weight excluding hydrogens is 390 g/mol. The summed E-state index contributed by atoms with van der Waals surface area (Å²) in [6.45, 7) is 3.52. The van der Waals surface area contributed by atoms with Gasteiger partial charge in [-0.2, -0.15) is 0 Å². The number of carbonyl (C=O) groups is 1. The van der Waals surface area contributed by atoms with Gasteiger partial charge in [-0.1, -0.05) is 24.3 Å². The fourth-order valence-corrected chi connectivity index (χ4v) is 3.17. The molecule has 6 heteroatoms. The van der Waals surface area contributed by atoms with Crippen LogP contribution in [0.1, 0.15) is 28.0 Å². The SMILES string of the molecule is Cc1ccc2nc(COc3ccc(C(=O)NCCCOc4ccccc4)cc3)cn2c1. The highest BCUT2D eigenvalue weighted by Crippen LogP contribution is 2.15. The van der Waals surface area contributed by atoms with Crippen LogP contribution in [0.5, 0.6) is 11.5 Å². The Balaban J connectivity index is 1.21. The second kappa shape index (κ2) is 9.80. The van der Waals surface area contributed by atoms with Crippen LogP contribution in [-0.2, 0) is 6.61 Å². The topological polar surface area (TPSA) is 64.9 Å². The largest absolute Gasteiger partial charge is 0.494 e. The first-order valence-corrected chi connectivity index (χ1v) is 10.3. The number of ether oxygens (including phenoxy) is 2. The third-order valence-corrected chi connectivity index (χ3v) is 4.77. The van der Waals surface area contributed by atoms with Gasteiger partial charge in [-0.05, 0) is 61.4 Å². The number of benzene rings is 2. The van der Waals surface area contributed by atoms with E-state index < -0.39 is 0 Å². The van der Waals surface area contributed by atoms with Crippen molar-refractivity contribution >= 4 is 11.6 Å². The lowest BCUT2D eigenvalue weighted by atomic mass is 10.2. The van der Waals surface area contributed by atoms with Gasteiger partial charge in [0.2, 0.25) is 0 Å². The molecule has 2 heterocycles. The summed E-state index contributed by atoms with van der Waals surface area (Å²) in [4.78, 5) is 16.8. The van der Waals surface area contributed by atoms with Crippen LogP contribution in [0.4, 0.5) is 0 Å². The minimum Gasteiger partial charge on any atom is -0.494 e. The molecule has 0 bridgehead atoms. The number of aryl methyl sites for hydroxylation is 1. The number of imidazole rings is 1. The zero-order chi connectivity index (χ0) is 21.5. The Morgan fingerprint density at radius 2 is 1.71 bits per heavy atom. The lowest BCUT2D eigenvalue weighted by molar-refractivity contribution is 0.0951. The van der Waals surface area contributed by atoms with Crippen molar-refractivity contribution in [1.82, 2.24) is 14.7 Å². The second-order valence-corrected chi connectivity index (χ2v) is 7.29. The first-order valence-electron chi connectivity index (χ1n) is 10.3. The molecule has 1 N–H and O–H groups in total. The number of nitrogens with zero attached hydrogens (tertiary/aromatic N) is 2. The van der Waals surface area contributed by atoms with Crippen LogP contribution >= 0.6 is 0 Å². The maximum Gasteiger partial charge on any atom is 0.251 e. The summed E-state index contributed by atoms with van der Waals surface area (Å²) in [5.41, 5.74) is 3.52. The number of hydrogen-bond acceptors (Lipinski definition) is 4. The molecule has 0 unspecified atom stereocenters. The van der Waals surface area contributed by atoms with Crippen molar-refractivity contribution in [2.75, 3.05) is 13.2 Å². The average molecular weight is 415 g/mol. The van der Waals surface area contributed by atoms with E-state index in [1.54, 1.807) is 24.3 Å². The quantitative estimate of drug-likeness (QED) is 0.411. The van der Waals surface area contributed by atoms with Crippen molar-refractivity contribution in [2.45, 2.75) is 20.0 Å². The number of rotatable bonds is 9. The molecule has 0 spiro atoms. The van der Waals surface area contributed by atoms with Crippen molar-refractivity contribution in [2.24, 2.45) is 0 Å². The molecule has 0 aliphatic carbocycles. The van der Waals surface area contributed by atoms with Gasteiger partial charge < -0.3 is 19.2 Å². The fourth-order valence-electron chi connectivity index (χ4n) is 3.17. The van der Waals surface area contributed by atoms with Gasteiger partial charge in [0.1, 0.15) is 23.8 Å². The van der Waals surface area contributed by atoms with Crippen LogP contribution in [0.25, 0.3) is 5.65 Å². The molecule has 2 aromatic heterocycles. The molecule has 0 atom stereocenters. The predicted octanol–water partition coefficient (Wildman–Crippen LogP) is 4.42. The lowest BCUT2D eigenvalue weighted by Gasteiger charge is -2.08. The Hall–Kier alpha value is -3.80. The standard InChI is InChI=1S/C25H25N3O3/c1-19-8-13-24-27-21(17-28(24)16-19)18-31-23-11-9-20(10-12-23)25(29)26-14-5-15-30-22-6-3-2-4-7-22/h2-4,6-13,16-17H,5,14-15,18H2,1H3,(H,26,29). The molecule has 1 amide bonds. The van der Waals surface area contributed by atoms with E-state index in [2.05, 4.69) is 10.3 Å². The highest BCUT2D eigenvalue weighted by Gasteiger charge is 2.07. The zero-order valence-electron chi connectivity index (χ0n) is 17.5. The molecular formula is C25H25N3O3. The van der Waals surface area contributed by atoms with Crippen LogP contribution in [-0.4, -0.2) is 28.4 Å². The second-order valence-electron chi connectivity index (χ2n) is 7.29. The number of carbonyl (C=O) groups excluding carboxylic acids is 1. The van der Waals surface area contributed by atoms with E-state index in [-0.39, 0.29) is 5.91 Å². The summed E-state index contributed by atoms with van der Waals surface area (Å²) in [7, 11) is 0. The summed E-state index contributed by atoms with van der Waals surface area (Å²) < 4.78 is 13.4. The smallest absolute Gasteiger partial charge is 0.251 e. The lowest BCUT2D eigenvalue weighted by Crippen LogP contribution is -2.25. The molecule has 31 heavy (non-hydrogen) atoms. The maximum atomic E-state index is 12.3. The average Bonchev–Trinajstić information content (AvgIpc) is 3.20. The normalized spacial score (nSPS) is 10.7. The molecule has 0 aliphatic rings. The van der Waals surface area contributed by atoms with Gasteiger partial charge in [0.05, 0.1) is 12.3 Å². The van der Waals surface area contributed by atoms with Crippen LogP contribution in [0.2, 0.25) is 0 Å². The molecule has 4 rings (SSSR count). The molecule has 0 aliphatic heterocycles. The predicted molar refractivity (Wildman–Crippen MR) is 120 cm³/mol. The number of fused-ring (bicyclic) bond motifs is 1. The van der Waals surface area contributed by atoms with Crippen molar-refractivity contribution in [3.05, 3.63) is 95.9 Å². The monoisotopic (exact) mass is 415 g/mol. The minimum atomic E-state index is -0.109. The Kier molecular flexibility index (Phi) is 6.47.